The molecule has 0 bridgehead atoms. The zero-order chi connectivity index (χ0) is 37.7. The predicted molar refractivity (Wildman–Crippen MR) is 235 cm³/mol. The molecular formula is C48H69N2OP. The van der Waals surface area contributed by atoms with Gasteiger partial charge in [-0.1, -0.05) is 155 Å². The number of aromatic amines is 1. The van der Waals surface area contributed by atoms with E-state index in [1.807, 2.05) is 31.5 Å². The van der Waals surface area contributed by atoms with Gasteiger partial charge in [-0.15, -0.1) is 0 Å². The Labute approximate surface area is 317 Å². The summed E-state index contributed by atoms with van der Waals surface area (Å²) in [5, 5.41) is 3.79. The van der Waals surface area contributed by atoms with Crippen LogP contribution in [0.5, 0.6) is 0 Å². The van der Waals surface area contributed by atoms with Crippen LogP contribution in [-0.4, -0.2) is 22.9 Å². The monoisotopic (exact) mass is 721 g/mol. The maximum Gasteiger partial charge on any atom is 0.110 e. The van der Waals surface area contributed by atoms with Gasteiger partial charge < -0.3 is 14.1 Å². The molecule has 4 heteroatoms. The van der Waals surface area contributed by atoms with Crippen LogP contribution < -0.4 is 5.30 Å². The molecule has 52 heavy (non-hydrogen) atoms. The summed E-state index contributed by atoms with van der Waals surface area (Å²) in [4.78, 5) is 3.27. The van der Waals surface area contributed by atoms with Crippen LogP contribution in [0, 0.1) is 11.8 Å². The number of hydrogen-bond acceptors (Lipinski definition) is 1. The molecule has 2 heterocycles. The minimum absolute atomic E-state index is 0. The van der Waals surface area contributed by atoms with Crippen molar-refractivity contribution in [3.8, 4) is 0 Å². The number of aromatic nitrogens is 2. The second-order valence-corrected chi connectivity index (χ2v) is 18.8. The van der Waals surface area contributed by atoms with E-state index in [0.717, 1.165) is 24.1 Å². The van der Waals surface area contributed by atoms with Gasteiger partial charge in [-0.25, -0.2) is 0 Å². The molecule has 6 aromatic rings. The van der Waals surface area contributed by atoms with E-state index >= 15 is 0 Å². The van der Waals surface area contributed by atoms with Gasteiger partial charge in [0.1, 0.15) is 7.14 Å². The SMILES string of the molecule is C.CC(C)Cc1ccccc1P(C)(C)=O.CC(C)c1c[nH]c2ccccc12.CC(C)c1cn(C)c2ccccc12.CCc1cccc(CC(C)C)c1. The van der Waals surface area contributed by atoms with Crippen molar-refractivity contribution in [1.29, 1.82) is 0 Å². The van der Waals surface area contributed by atoms with Gasteiger partial charge in [0.25, 0.3) is 0 Å². The summed E-state index contributed by atoms with van der Waals surface area (Å²) < 4.78 is 14.2. The molecule has 0 aliphatic rings. The van der Waals surface area contributed by atoms with Crippen LogP contribution in [0.15, 0.2) is 109 Å². The first-order valence-electron chi connectivity index (χ1n) is 18.9. The van der Waals surface area contributed by atoms with Crippen LogP contribution >= 0.6 is 7.14 Å². The molecule has 0 aliphatic heterocycles. The fourth-order valence-corrected chi connectivity index (χ4v) is 7.80. The number of aryl methyl sites for hydroxylation is 2. The number of fused-ring (bicyclic) bond motifs is 2. The van der Waals surface area contributed by atoms with Gasteiger partial charge in [-0.05, 0) is 96.2 Å². The van der Waals surface area contributed by atoms with Crippen LogP contribution in [0.2, 0.25) is 0 Å². The van der Waals surface area contributed by atoms with Crippen LogP contribution in [0.3, 0.4) is 0 Å². The fourth-order valence-electron chi connectivity index (χ4n) is 6.50. The lowest BCUT2D eigenvalue weighted by molar-refractivity contribution is 0.587. The number of nitrogens with zero attached hydrogens (tertiary/aromatic N) is 1. The molecule has 0 fully saturated rings. The number of para-hydroxylation sites is 2. The van der Waals surface area contributed by atoms with Gasteiger partial charge in [0.2, 0.25) is 0 Å². The lowest BCUT2D eigenvalue weighted by atomic mass is 10.0. The van der Waals surface area contributed by atoms with E-state index < -0.39 is 7.14 Å². The average Bonchev–Trinajstić information content (AvgIpc) is 3.67. The van der Waals surface area contributed by atoms with E-state index in [1.54, 1.807) is 0 Å². The molecule has 0 amide bonds. The normalized spacial score (nSPS) is 11.2. The fraction of sp³-hybridized carbons (Fsp3) is 0.417. The predicted octanol–water partition coefficient (Wildman–Crippen LogP) is 13.8. The van der Waals surface area contributed by atoms with E-state index in [4.69, 9.17) is 0 Å². The number of benzene rings is 4. The molecule has 282 valence electrons. The van der Waals surface area contributed by atoms with Crippen molar-refractivity contribution in [3.05, 3.63) is 137 Å². The summed E-state index contributed by atoms with van der Waals surface area (Å²) in [5.74, 6) is 2.58. The summed E-state index contributed by atoms with van der Waals surface area (Å²) in [5.41, 5.74) is 9.59. The summed E-state index contributed by atoms with van der Waals surface area (Å²) in [6.07, 6.45) is 7.70. The lowest BCUT2D eigenvalue weighted by Crippen LogP contribution is -2.12. The first-order valence-corrected chi connectivity index (χ1v) is 21.5. The lowest BCUT2D eigenvalue weighted by Gasteiger charge is -2.14. The van der Waals surface area contributed by atoms with E-state index in [-0.39, 0.29) is 7.43 Å². The van der Waals surface area contributed by atoms with Crippen molar-refractivity contribution in [2.24, 2.45) is 18.9 Å². The Morgan fingerprint density at radius 1 is 0.654 bits per heavy atom. The zero-order valence-corrected chi connectivity index (χ0v) is 34.5. The minimum atomic E-state index is -2.11. The van der Waals surface area contributed by atoms with Crippen molar-refractivity contribution in [3.63, 3.8) is 0 Å². The molecule has 0 saturated heterocycles. The highest BCUT2D eigenvalue weighted by molar-refractivity contribution is 7.70. The summed E-state index contributed by atoms with van der Waals surface area (Å²) in [6, 6.07) is 34.0. The molecular weight excluding hydrogens is 652 g/mol. The third kappa shape index (κ3) is 13.3. The molecule has 0 saturated carbocycles. The topological polar surface area (TPSA) is 37.8 Å². The summed E-state index contributed by atoms with van der Waals surface area (Å²) in [6.45, 7) is 23.7. The zero-order valence-electron chi connectivity index (χ0n) is 33.6. The molecule has 0 unspecified atom stereocenters. The maximum atomic E-state index is 12.0. The molecule has 3 nitrogen and oxygen atoms in total. The molecule has 2 aromatic heterocycles. The van der Waals surface area contributed by atoms with E-state index in [2.05, 4.69) is 170 Å². The van der Waals surface area contributed by atoms with E-state index in [1.165, 1.54) is 56.0 Å². The number of hydrogen-bond donors (Lipinski definition) is 1. The first kappa shape index (κ1) is 44.4. The maximum absolute atomic E-state index is 12.0. The van der Waals surface area contributed by atoms with Crippen LogP contribution in [0.1, 0.15) is 109 Å². The highest BCUT2D eigenvalue weighted by Gasteiger charge is 2.15. The van der Waals surface area contributed by atoms with Crippen LogP contribution in [0.25, 0.3) is 21.8 Å². The van der Waals surface area contributed by atoms with Gasteiger partial charge >= 0.3 is 0 Å². The van der Waals surface area contributed by atoms with Gasteiger partial charge in [-0.3, -0.25) is 0 Å². The Bertz CT molecular complexity index is 1970. The third-order valence-corrected chi connectivity index (χ3v) is 10.6. The van der Waals surface area contributed by atoms with E-state index in [9.17, 15) is 4.57 Å². The number of rotatable bonds is 8. The first-order chi connectivity index (χ1) is 24.1. The number of H-pyrrole nitrogens is 1. The van der Waals surface area contributed by atoms with Crippen molar-refractivity contribution in [2.45, 2.75) is 101 Å². The van der Waals surface area contributed by atoms with Crippen molar-refractivity contribution >= 4 is 34.3 Å². The Hall–Kier alpha value is -3.81. The van der Waals surface area contributed by atoms with Crippen LogP contribution in [-0.2, 0) is 30.9 Å². The average molecular weight is 721 g/mol. The second kappa shape index (κ2) is 21.0. The minimum Gasteiger partial charge on any atom is -0.361 e. The van der Waals surface area contributed by atoms with Gasteiger partial charge in [0, 0.05) is 46.6 Å². The Morgan fingerprint density at radius 3 is 1.81 bits per heavy atom. The Morgan fingerprint density at radius 2 is 1.21 bits per heavy atom. The second-order valence-electron chi connectivity index (χ2n) is 15.7. The van der Waals surface area contributed by atoms with Gasteiger partial charge in [-0.2, -0.15) is 0 Å². The number of nitrogens with one attached hydrogen (secondary N) is 1. The Balaban J connectivity index is 0.000000239. The molecule has 0 radical (unpaired) electrons. The van der Waals surface area contributed by atoms with Crippen LogP contribution in [0.4, 0.5) is 0 Å². The molecule has 0 spiro atoms. The summed E-state index contributed by atoms with van der Waals surface area (Å²) >= 11 is 0. The third-order valence-electron chi connectivity index (χ3n) is 9.04. The van der Waals surface area contributed by atoms with Gasteiger partial charge in [0.15, 0.2) is 0 Å². The molecule has 6 rings (SSSR count). The molecule has 0 atom stereocenters. The van der Waals surface area contributed by atoms with Crippen molar-refractivity contribution in [2.75, 3.05) is 13.3 Å². The molecule has 4 aromatic carbocycles. The highest BCUT2D eigenvalue weighted by atomic mass is 31.2. The highest BCUT2D eigenvalue weighted by Crippen LogP contribution is 2.36. The smallest absolute Gasteiger partial charge is 0.110 e. The standard InChI is InChI=1S/C12H15N.C12H19OP.C12H18.C11H13N.CH4/c1-9(2)11-8-13(3)12-7-5-4-6-10(11)12;1-10(2)9-11-7-5-6-8-12(11)14(3,4)13;1-4-11-6-5-7-12(9-11)8-10(2)3;1-8(2)10-7-12-11-6-4-3-5-9(10)11;/h4-9H,1-3H3;5-8,10H,9H2,1-4H3;5-7,9-10H,4,8H2,1-3H3;3-8,12H,1-2H3;1H4. The van der Waals surface area contributed by atoms with E-state index in [0.29, 0.717) is 17.8 Å². The quantitative estimate of drug-likeness (QED) is 0.156. The summed E-state index contributed by atoms with van der Waals surface area (Å²) in [7, 11) is -0.00654. The largest absolute Gasteiger partial charge is 0.361 e. The Kier molecular flexibility index (Phi) is 17.9. The van der Waals surface area contributed by atoms with Gasteiger partial charge in [0.05, 0.1) is 0 Å². The molecule has 1 N–H and O–H groups in total. The van der Waals surface area contributed by atoms with Crippen molar-refractivity contribution < 1.29 is 4.57 Å². The van der Waals surface area contributed by atoms with Crippen molar-refractivity contribution in [1.82, 2.24) is 9.55 Å². The molecule has 0 aliphatic carbocycles.